The molecule has 2 fully saturated rings. The molecule has 214 valence electrons. The molecule has 11 heteroatoms. The predicted octanol–water partition coefficient (Wildman–Crippen LogP) is 5.90. The standard InChI is InChI=1S/C15H17F3N2O2.C8H11N3.C6H5Cl/c16-11-2-1-3-13(8-11)20(10-21)9-14(22)19-12-4-6-15(17,18)7-5-12;1-2-7-11(6-1)8-9-4-3-5-10-8;7-6-4-2-1-3-5-6/h1-3,8,10,12H,4-7,9H2,(H,19,22);3-5H,1-2,6-7H2;1-5H. The molecule has 0 bridgehead atoms. The van der Waals surface area contributed by atoms with Crippen LogP contribution in [0.5, 0.6) is 0 Å². The van der Waals surface area contributed by atoms with Crippen LogP contribution in [-0.2, 0) is 9.59 Å². The number of alkyl halides is 2. The molecule has 2 aromatic carbocycles. The van der Waals surface area contributed by atoms with Crippen molar-refractivity contribution >= 4 is 35.6 Å². The zero-order valence-electron chi connectivity index (χ0n) is 22.1. The molecule has 5 rings (SSSR count). The molecule has 1 N–H and O–H groups in total. The molecule has 0 atom stereocenters. The lowest BCUT2D eigenvalue weighted by molar-refractivity contribution is -0.122. The Morgan fingerprint density at radius 3 is 2.23 bits per heavy atom. The van der Waals surface area contributed by atoms with Crippen molar-refractivity contribution in [2.75, 3.05) is 29.4 Å². The van der Waals surface area contributed by atoms with Crippen molar-refractivity contribution < 1.29 is 22.8 Å². The van der Waals surface area contributed by atoms with Crippen molar-refractivity contribution in [3.8, 4) is 0 Å². The largest absolute Gasteiger partial charge is 0.352 e. The average Bonchev–Trinajstić information content (AvgIpc) is 3.50. The lowest BCUT2D eigenvalue weighted by Gasteiger charge is -2.29. The van der Waals surface area contributed by atoms with Crippen LogP contribution in [0.4, 0.5) is 24.8 Å². The molecule has 40 heavy (non-hydrogen) atoms. The number of benzene rings is 2. The van der Waals surface area contributed by atoms with Gasteiger partial charge in [-0.2, -0.15) is 0 Å². The van der Waals surface area contributed by atoms with Gasteiger partial charge in [0.25, 0.3) is 0 Å². The summed E-state index contributed by atoms with van der Waals surface area (Å²) in [7, 11) is 0. The van der Waals surface area contributed by atoms with E-state index in [1.807, 2.05) is 36.4 Å². The van der Waals surface area contributed by atoms with Crippen LogP contribution in [0.2, 0.25) is 5.02 Å². The van der Waals surface area contributed by atoms with E-state index in [1.165, 1.54) is 31.0 Å². The number of nitrogens with one attached hydrogen (secondary N) is 1. The second-order valence-corrected chi connectivity index (χ2v) is 9.89. The van der Waals surface area contributed by atoms with Crippen LogP contribution in [0.1, 0.15) is 38.5 Å². The summed E-state index contributed by atoms with van der Waals surface area (Å²) in [5.74, 6) is -2.74. The van der Waals surface area contributed by atoms with Crippen molar-refractivity contribution in [2.45, 2.75) is 50.5 Å². The predicted molar refractivity (Wildman–Crippen MR) is 150 cm³/mol. The number of rotatable bonds is 6. The first-order valence-electron chi connectivity index (χ1n) is 13.1. The van der Waals surface area contributed by atoms with Gasteiger partial charge in [-0.1, -0.05) is 35.9 Å². The van der Waals surface area contributed by atoms with E-state index in [0.717, 1.165) is 35.0 Å². The zero-order valence-corrected chi connectivity index (χ0v) is 22.8. The molecule has 0 spiro atoms. The van der Waals surface area contributed by atoms with Gasteiger partial charge in [0.15, 0.2) is 0 Å². The first-order valence-corrected chi connectivity index (χ1v) is 13.5. The lowest BCUT2D eigenvalue weighted by atomic mass is 9.92. The van der Waals surface area contributed by atoms with E-state index in [9.17, 15) is 22.8 Å². The monoisotopic (exact) mass is 575 g/mol. The van der Waals surface area contributed by atoms with E-state index in [-0.39, 0.29) is 44.0 Å². The van der Waals surface area contributed by atoms with E-state index in [4.69, 9.17) is 11.6 Å². The number of anilines is 2. The number of nitrogens with zero attached hydrogens (tertiary/aromatic N) is 4. The Balaban J connectivity index is 0.000000200. The third-order valence-electron chi connectivity index (χ3n) is 6.34. The molecule has 7 nitrogen and oxygen atoms in total. The molecule has 2 amide bonds. The normalized spacial score (nSPS) is 16.1. The highest BCUT2D eigenvalue weighted by Gasteiger charge is 2.35. The SMILES string of the molecule is Clc1ccccc1.O=CN(CC(=O)NC1CCC(F)(F)CC1)c1cccc(F)c1.c1cnc(N2CCCC2)nc1. The van der Waals surface area contributed by atoms with Crippen molar-refractivity contribution in [1.82, 2.24) is 15.3 Å². The minimum absolute atomic E-state index is 0.208. The maximum Gasteiger partial charge on any atom is 0.248 e. The van der Waals surface area contributed by atoms with Gasteiger partial charge in [0, 0.05) is 55.1 Å². The second-order valence-electron chi connectivity index (χ2n) is 9.45. The molecular formula is C29H33ClF3N5O2. The van der Waals surface area contributed by atoms with E-state index < -0.39 is 17.6 Å². The number of carbonyl (C=O) groups excluding carboxylic acids is 2. The third-order valence-corrected chi connectivity index (χ3v) is 6.59. The summed E-state index contributed by atoms with van der Waals surface area (Å²) in [6, 6.07) is 16.3. The van der Waals surface area contributed by atoms with E-state index >= 15 is 0 Å². The minimum Gasteiger partial charge on any atom is -0.352 e. The summed E-state index contributed by atoms with van der Waals surface area (Å²) in [5.41, 5.74) is 0.264. The number of amides is 2. The number of aromatic nitrogens is 2. The summed E-state index contributed by atoms with van der Waals surface area (Å²) < 4.78 is 39.2. The minimum atomic E-state index is -2.66. The van der Waals surface area contributed by atoms with Gasteiger partial charge in [0.05, 0.1) is 0 Å². The Labute approximate surface area is 237 Å². The fourth-order valence-electron chi connectivity index (χ4n) is 4.24. The number of halogens is 4. The van der Waals surface area contributed by atoms with Gasteiger partial charge in [0.1, 0.15) is 12.4 Å². The van der Waals surface area contributed by atoms with Crippen LogP contribution in [0, 0.1) is 5.82 Å². The van der Waals surface area contributed by atoms with Crippen LogP contribution < -0.4 is 15.1 Å². The summed E-state index contributed by atoms with van der Waals surface area (Å²) in [6.07, 6.45) is 6.49. The fourth-order valence-corrected chi connectivity index (χ4v) is 4.39. The lowest BCUT2D eigenvalue weighted by Crippen LogP contribution is -2.44. The van der Waals surface area contributed by atoms with Gasteiger partial charge in [-0.25, -0.2) is 23.1 Å². The maximum absolute atomic E-state index is 13.1. The highest BCUT2D eigenvalue weighted by molar-refractivity contribution is 6.30. The van der Waals surface area contributed by atoms with Gasteiger partial charge in [-0.15, -0.1) is 0 Å². The van der Waals surface area contributed by atoms with Crippen molar-refractivity contribution in [2.24, 2.45) is 0 Å². The fraction of sp³-hybridized carbons (Fsp3) is 0.379. The second kappa shape index (κ2) is 15.8. The van der Waals surface area contributed by atoms with Crippen molar-refractivity contribution in [3.63, 3.8) is 0 Å². The smallest absolute Gasteiger partial charge is 0.248 e. The molecular weight excluding hydrogens is 543 g/mol. The van der Waals surface area contributed by atoms with Gasteiger partial charge < -0.3 is 15.1 Å². The average molecular weight is 576 g/mol. The zero-order chi connectivity index (χ0) is 28.8. The van der Waals surface area contributed by atoms with Gasteiger partial charge in [-0.3, -0.25) is 9.59 Å². The van der Waals surface area contributed by atoms with Gasteiger partial charge in [-0.05, 0) is 62.1 Å². The Morgan fingerprint density at radius 2 is 1.68 bits per heavy atom. The van der Waals surface area contributed by atoms with Crippen molar-refractivity contribution in [3.05, 3.63) is 83.9 Å². The van der Waals surface area contributed by atoms with Gasteiger partial charge >= 0.3 is 0 Å². The molecule has 1 saturated carbocycles. The molecule has 2 heterocycles. The molecule has 1 aromatic heterocycles. The third kappa shape index (κ3) is 10.8. The van der Waals surface area contributed by atoms with Crippen LogP contribution in [0.15, 0.2) is 73.1 Å². The molecule has 1 aliphatic carbocycles. The maximum atomic E-state index is 13.1. The summed E-state index contributed by atoms with van der Waals surface area (Å²) in [6.45, 7) is 1.95. The van der Waals surface area contributed by atoms with Crippen molar-refractivity contribution in [1.29, 1.82) is 0 Å². The Hall–Kier alpha value is -3.66. The van der Waals surface area contributed by atoms with Crippen LogP contribution in [-0.4, -0.2) is 53.9 Å². The molecule has 2 aliphatic rings. The quantitative estimate of drug-likeness (QED) is 0.370. The first-order chi connectivity index (χ1) is 19.3. The highest BCUT2D eigenvalue weighted by atomic mass is 35.5. The van der Waals surface area contributed by atoms with E-state index in [1.54, 1.807) is 12.4 Å². The number of carbonyl (C=O) groups is 2. The van der Waals surface area contributed by atoms with E-state index in [2.05, 4.69) is 20.2 Å². The molecule has 3 aromatic rings. The number of hydrogen-bond acceptors (Lipinski definition) is 5. The summed E-state index contributed by atoms with van der Waals surface area (Å²) in [5, 5.41) is 3.43. The molecule has 0 unspecified atom stereocenters. The Morgan fingerprint density at radius 1 is 1.02 bits per heavy atom. The Kier molecular flexibility index (Phi) is 12.2. The summed E-state index contributed by atoms with van der Waals surface area (Å²) in [4.78, 5) is 34.6. The first kappa shape index (κ1) is 30.9. The Bertz CT molecular complexity index is 1170. The van der Waals surface area contributed by atoms with E-state index in [0.29, 0.717) is 6.41 Å². The number of hydrogen-bond donors (Lipinski definition) is 1. The molecule has 1 saturated heterocycles. The topological polar surface area (TPSA) is 78.4 Å². The van der Waals surface area contributed by atoms with Gasteiger partial charge in [0.2, 0.25) is 24.2 Å². The molecule has 1 aliphatic heterocycles. The molecule has 0 radical (unpaired) electrons. The van der Waals surface area contributed by atoms with Crippen LogP contribution >= 0.6 is 11.6 Å². The highest BCUT2D eigenvalue weighted by Crippen LogP contribution is 2.33. The summed E-state index contributed by atoms with van der Waals surface area (Å²) >= 11 is 5.54. The van der Waals surface area contributed by atoms with Crippen LogP contribution in [0.3, 0.4) is 0 Å². The van der Waals surface area contributed by atoms with Crippen LogP contribution in [0.25, 0.3) is 0 Å².